The van der Waals surface area contributed by atoms with Crippen molar-refractivity contribution in [2.75, 3.05) is 11.1 Å². The third-order valence-electron chi connectivity index (χ3n) is 2.25. The fraction of sp³-hybridized carbons (Fsp3) is 0.0769. The normalized spacial score (nSPS) is 9.80. The van der Waals surface area contributed by atoms with E-state index in [4.69, 9.17) is 5.26 Å². The van der Waals surface area contributed by atoms with Gasteiger partial charge in [-0.05, 0) is 30.3 Å². The highest BCUT2D eigenvalue weighted by atomic mass is 32.2. The Balaban J connectivity index is 2.03. The summed E-state index contributed by atoms with van der Waals surface area (Å²) in [6, 6.07) is 10.6. The van der Waals surface area contributed by atoms with Gasteiger partial charge in [0.1, 0.15) is 10.8 Å². The van der Waals surface area contributed by atoms with Crippen molar-refractivity contribution in [3.63, 3.8) is 0 Å². The van der Waals surface area contributed by atoms with E-state index in [0.717, 1.165) is 6.07 Å². The molecule has 100 valence electrons. The van der Waals surface area contributed by atoms with Crippen LogP contribution in [0.2, 0.25) is 0 Å². The summed E-state index contributed by atoms with van der Waals surface area (Å²) in [4.78, 5) is 11.8. The van der Waals surface area contributed by atoms with Gasteiger partial charge >= 0.3 is 0 Å². The Morgan fingerprint density at radius 1 is 1.35 bits per heavy atom. The number of aromatic nitrogens is 2. The highest BCUT2D eigenvalue weighted by Gasteiger charge is 2.08. The van der Waals surface area contributed by atoms with Gasteiger partial charge in [-0.3, -0.25) is 4.79 Å². The molecule has 0 saturated heterocycles. The molecule has 2 aromatic rings. The number of nitrogens with zero attached hydrogens (tertiary/aromatic N) is 3. The summed E-state index contributed by atoms with van der Waals surface area (Å²) in [6.07, 6.45) is 0. The third-order valence-corrected chi connectivity index (χ3v) is 3.04. The third kappa shape index (κ3) is 3.76. The number of amides is 1. The first-order valence-electron chi connectivity index (χ1n) is 5.59. The smallest absolute Gasteiger partial charge is 0.256 e. The van der Waals surface area contributed by atoms with E-state index >= 15 is 0 Å². The van der Waals surface area contributed by atoms with E-state index < -0.39 is 11.7 Å². The van der Waals surface area contributed by atoms with Gasteiger partial charge in [0.15, 0.2) is 5.82 Å². The second-order valence-electron chi connectivity index (χ2n) is 3.67. The van der Waals surface area contributed by atoms with E-state index in [1.54, 1.807) is 12.1 Å². The van der Waals surface area contributed by atoms with E-state index in [-0.39, 0.29) is 17.1 Å². The van der Waals surface area contributed by atoms with E-state index in [9.17, 15) is 9.18 Å². The summed E-state index contributed by atoms with van der Waals surface area (Å²) in [6.45, 7) is 0. The first-order valence-corrected chi connectivity index (χ1v) is 6.58. The Labute approximate surface area is 118 Å². The Morgan fingerprint density at radius 2 is 2.20 bits per heavy atom. The van der Waals surface area contributed by atoms with Crippen LogP contribution < -0.4 is 5.32 Å². The number of anilines is 1. The molecule has 0 radical (unpaired) electrons. The van der Waals surface area contributed by atoms with Crippen molar-refractivity contribution in [3.8, 4) is 6.07 Å². The van der Waals surface area contributed by atoms with Crippen LogP contribution in [0.25, 0.3) is 0 Å². The molecule has 0 aliphatic heterocycles. The molecule has 1 N–H and O–H groups in total. The number of carbonyl (C=O) groups is 1. The van der Waals surface area contributed by atoms with Crippen molar-refractivity contribution >= 4 is 23.5 Å². The standard InChI is InChI=1S/C13H9FN4OS/c14-10-3-1-2-9(8-10)13(19)16-11-4-5-12(18-17-11)20-7-6-15/h1-5,8H,7H2,(H,16,17,19). The molecule has 0 fully saturated rings. The molecule has 1 heterocycles. The largest absolute Gasteiger partial charge is 0.305 e. The van der Waals surface area contributed by atoms with Gasteiger partial charge in [0.05, 0.1) is 11.8 Å². The number of rotatable bonds is 4. The van der Waals surface area contributed by atoms with E-state index in [0.29, 0.717) is 5.03 Å². The fourth-order valence-corrected chi connectivity index (χ4v) is 1.86. The highest BCUT2D eigenvalue weighted by Crippen LogP contribution is 2.15. The average molecular weight is 288 g/mol. The SMILES string of the molecule is N#CCSc1ccc(NC(=O)c2cccc(F)c2)nn1. The van der Waals surface area contributed by atoms with Crippen molar-refractivity contribution in [2.45, 2.75) is 5.03 Å². The number of thioether (sulfide) groups is 1. The lowest BCUT2D eigenvalue weighted by Crippen LogP contribution is -2.13. The van der Waals surface area contributed by atoms with Crippen molar-refractivity contribution < 1.29 is 9.18 Å². The topological polar surface area (TPSA) is 78.7 Å². The zero-order chi connectivity index (χ0) is 14.4. The molecule has 0 spiro atoms. The van der Waals surface area contributed by atoms with Crippen LogP contribution in [0.5, 0.6) is 0 Å². The molecule has 5 nitrogen and oxygen atoms in total. The van der Waals surface area contributed by atoms with E-state index in [2.05, 4.69) is 15.5 Å². The van der Waals surface area contributed by atoms with Gasteiger partial charge in [0.2, 0.25) is 0 Å². The molecule has 0 atom stereocenters. The molecule has 20 heavy (non-hydrogen) atoms. The molecule has 0 aliphatic rings. The summed E-state index contributed by atoms with van der Waals surface area (Å²) in [5.74, 6) is -0.396. The number of nitriles is 1. The summed E-state index contributed by atoms with van der Waals surface area (Å²) >= 11 is 1.25. The maximum atomic E-state index is 13.0. The monoisotopic (exact) mass is 288 g/mol. The summed E-state index contributed by atoms with van der Waals surface area (Å²) in [5, 5.41) is 19.2. The van der Waals surface area contributed by atoms with Crippen LogP contribution in [0.4, 0.5) is 10.2 Å². The Morgan fingerprint density at radius 3 is 2.85 bits per heavy atom. The molecule has 0 aliphatic carbocycles. The molecular weight excluding hydrogens is 279 g/mol. The van der Waals surface area contributed by atoms with E-state index in [1.165, 1.54) is 30.0 Å². The Kier molecular flexibility index (Phi) is 4.63. The van der Waals surface area contributed by atoms with Crippen molar-refractivity contribution in [1.82, 2.24) is 10.2 Å². The first-order chi connectivity index (χ1) is 9.69. The number of halogens is 1. The number of hydrogen-bond acceptors (Lipinski definition) is 5. The lowest BCUT2D eigenvalue weighted by Gasteiger charge is -2.04. The second-order valence-corrected chi connectivity index (χ2v) is 4.66. The minimum absolute atomic E-state index is 0.203. The van der Waals surface area contributed by atoms with Gasteiger partial charge in [0, 0.05) is 5.56 Å². The molecule has 0 unspecified atom stereocenters. The zero-order valence-corrected chi connectivity index (χ0v) is 11.0. The van der Waals surface area contributed by atoms with Crippen LogP contribution >= 0.6 is 11.8 Å². The van der Waals surface area contributed by atoms with Gasteiger partial charge < -0.3 is 5.32 Å². The zero-order valence-electron chi connectivity index (χ0n) is 10.2. The van der Waals surface area contributed by atoms with Gasteiger partial charge in [-0.15, -0.1) is 10.2 Å². The lowest BCUT2D eigenvalue weighted by molar-refractivity contribution is 0.102. The van der Waals surface area contributed by atoms with Crippen molar-refractivity contribution in [1.29, 1.82) is 5.26 Å². The predicted molar refractivity (Wildman–Crippen MR) is 72.7 cm³/mol. The van der Waals surface area contributed by atoms with Crippen molar-refractivity contribution in [3.05, 3.63) is 47.8 Å². The number of benzene rings is 1. The Bertz CT molecular complexity index is 654. The van der Waals surface area contributed by atoms with Gasteiger partial charge in [0.25, 0.3) is 5.91 Å². The van der Waals surface area contributed by atoms with Crippen LogP contribution in [-0.2, 0) is 0 Å². The molecule has 2 rings (SSSR count). The first kappa shape index (κ1) is 14.0. The minimum Gasteiger partial charge on any atom is -0.305 e. The minimum atomic E-state index is -0.480. The van der Waals surface area contributed by atoms with Crippen LogP contribution in [0.3, 0.4) is 0 Å². The highest BCUT2D eigenvalue weighted by molar-refractivity contribution is 7.99. The summed E-state index contributed by atoms with van der Waals surface area (Å²) in [5.41, 5.74) is 0.203. The molecule has 0 saturated carbocycles. The molecule has 1 aromatic heterocycles. The number of hydrogen-bond donors (Lipinski definition) is 1. The van der Waals surface area contributed by atoms with Crippen LogP contribution in [0.15, 0.2) is 41.4 Å². The molecule has 0 bridgehead atoms. The van der Waals surface area contributed by atoms with Crippen LogP contribution in [0.1, 0.15) is 10.4 Å². The van der Waals surface area contributed by atoms with Gasteiger partial charge in [-0.25, -0.2) is 4.39 Å². The van der Waals surface area contributed by atoms with Crippen LogP contribution in [-0.4, -0.2) is 21.9 Å². The Hall–Kier alpha value is -2.46. The number of nitrogens with one attached hydrogen (secondary N) is 1. The lowest BCUT2D eigenvalue weighted by atomic mass is 10.2. The predicted octanol–water partition coefficient (Wildman–Crippen LogP) is 2.48. The maximum absolute atomic E-state index is 13.0. The number of carbonyl (C=O) groups excluding carboxylic acids is 1. The van der Waals surface area contributed by atoms with Gasteiger partial charge in [-0.1, -0.05) is 17.8 Å². The average Bonchev–Trinajstić information content (AvgIpc) is 2.46. The molecular formula is C13H9FN4OS. The summed E-state index contributed by atoms with van der Waals surface area (Å²) in [7, 11) is 0. The van der Waals surface area contributed by atoms with Crippen molar-refractivity contribution in [2.24, 2.45) is 0 Å². The quantitative estimate of drug-likeness (QED) is 0.874. The fourth-order valence-electron chi connectivity index (χ4n) is 1.39. The van der Waals surface area contributed by atoms with Crippen LogP contribution in [0, 0.1) is 17.1 Å². The molecule has 1 amide bonds. The second kappa shape index (κ2) is 6.63. The molecule has 7 heteroatoms. The van der Waals surface area contributed by atoms with Gasteiger partial charge in [-0.2, -0.15) is 5.26 Å². The van der Waals surface area contributed by atoms with E-state index in [1.807, 2.05) is 6.07 Å². The maximum Gasteiger partial charge on any atom is 0.256 e. The summed E-state index contributed by atoms with van der Waals surface area (Å²) < 4.78 is 13.0. The molecule has 1 aromatic carbocycles.